The molecule has 5 nitrogen and oxygen atoms in total. The summed E-state index contributed by atoms with van der Waals surface area (Å²) in [5.41, 5.74) is 3.70. The summed E-state index contributed by atoms with van der Waals surface area (Å²) < 4.78 is 11.8. The molecule has 2 unspecified atom stereocenters. The van der Waals surface area contributed by atoms with Crippen LogP contribution in [0.15, 0.2) is 30.3 Å². The molecule has 0 aliphatic carbocycles. The second kappa shape index (κ2) is 7.46. The molecule has 170 valence electrons. The van der Waals surface area contributed by atoms with Crippen LogP contribution in [0.2, 0.25) is 10.0 Å². The Balaban J connectivity index is 1.57. The van der Waals surface area contributed by atoms with E-state index in [1.54, 1.807) is 6.07 Å². The third kappa shape index (κ3) is 3.50. The molecule has 0 radical (unpaired) electrons. The van der Waals surface area contributed by atoms with Gasteiger partial charge in [-0.15, -0.1) is 0 Å². The number of hydrogen-bond donors (Lipinski definition) is 0. The van der Waals surface area contributed by atoms with Crippen molar-refractivity contribution in [3.63, 3.8) is 0 Å². The van der Waals surface area contributed by atoms with Crippen molar-refractivity contribution in [1.82, 2.24) is 4.90 Å². The molecule has 32 heavy (non-hydrogen) atoms. The van der Waals surface area contributed by atoms with E-state index in [4.69, 9.17) is 32.7 Å². The summed E-state index contributed by atoms with van der Waals surface area (Å²) in [7, 11) is 0. The molecule has 2 atom stereocenters. The highest BCUT2D eigenvalue weighted by atomic mass is 35.5. The number of fused-ring (bicyclic) bond motifs is 3. The van der Waals surface area contributed by atoms with Gasteiger partial charge in [-0.2, -0.15) is 0 Å². The number of benzene rings is 2. The molecular formula is C25H28Cl2N2O3. The summed E-state index contributed by atoms with van der Waals surface area (Å²) in [5.74, 6) is 1.04. The van der Waals surface area contributed by atoms with Gasteiger partial charge in [0.15, 0.2) is 0 Å². The number of likely N-dealkylation sites (tertiary alicyclic amines) is 1. The number of hydrogen-bond acceptors (Lipinski definition) is 4. The van der Waals surface area contributed by atoms with Crippen LogP contribution in [0, 0.1) is 0 Å². The van der Waals surface area contributed by atoms with Crippen LogP contribution in [-0.4, -0.2) is 48.4 Å². The summed E-state index contributed by atoms with van der Waals surface area (Å²) in [6.07, 6.45) is 0.630. The zero-order valence-electron chi connectivity index (χ0n) is 18.9. The molecule has 0 aromatic heterocycles. The fourth-order valence-corrected chi connectivity index (χ4v) is 5.85. The first-order valence-electron chi connectivity index (χ1n) is 11.1. The molecule has 0 spiro atoms. The van der Waals surface area contributed by atoms with Crippen LogP contribution in [0.4, 0.5) is 10.5 Å². The normalized spacial score (nSPS) is 24.0. The highest BCUT2D eigenvalue weighted by Gasteiger charge is 2.53. The summed E-state index contributed by atoms with van der Waals surface area (Å²) >= 11 is 12.7. The van der Waals surface area contributed by atoms with E-state index in [2.05, 4.69) is 24.0 Å². The average molecular weight is 475 g/mol. The molecule has 3 heterocycles. The van der Waals surface area contributed by atoms with E-state index >= 15 is 0 Å². The Morgan fingerprint density at radius 3 is 2.69 bits per heavy atom. The fourth-order valence-electron chi connectivity index (χ4n) is 5.34. The predicted octanol–water partition coefficient (Wildman–Crippen LogP) is 6.36. The number of ether oxygens (including phenoxy) is 2. The van der Waals surface area contributed by atoms with Crippen molar-refractivity contribution in [1.29, 1.82) is 0 Å². The van der Waals surface area contributed by atoms with Crippen LogP contribution < -0.4 is 9.64 Å². The molecular weight excluding hydrogens is 447 g/mol. The van der Waals surface area contributed by atoms with E-state index in [-0.39, 0.29) is 17.6 Å². The molecule has 5 rings (SSSR count). The number of carbonyl (C=O) groups is 1. The van der Waals surface area contributed by atoms with Crippen molar-refractivity contribution in [3.05, 3.63) is 45.9 Å². The highest BCUT2D eigenvalue weighted by molar-refractivity contribution is 6.36. The van der Waals surface area contributed by atoms with E-state index in [0.717, 1.165) is 35.5 Å². The highest BCUT2D eigenvalue weighted by Crippen LogP contribution is 2.57. The Labute approximate surface area is 199 Å². The summed E-state index contributed by atoms with van der Waals surface area (Å²) in [6, 6.07) is 9.85. The lowest BCUT2D eigenvalue weighted by molar-refractivity contribution is 0.0149. The molecule has 1 amide bonds. The standard InChI is InChI=1S/C25H28Cl2N2O3/c1-24(2,3)32-23(30)28-8-7-25(4)19(14-28)18-11-15(17-6-5-16(26)13-20(17)27)12-21-22(18)29(25)9-10-31-21/h5-6,11-13,19H,7-10,14H2,1-4H3. The topological polar surface area (TPSA) is 42.0 Å². The average Bonchev–Trinajstić information content (AvgIpc) is 2.96. The van der Waals surface area contributed by atoms with Crippen molar-refractivity contribution in [2.75, 3.05) is 31.1 Å². The number of rotatable bonds is 1. The second-order valence-electron chi connectivity index (χ2n) is 10.1. The number of anilines is 1. The Kier molecular flexibility index (Phi) is 5.06. The second-order valence-corrected chi connectivity index (χ2v) is 11.0. The van der Waals surface area contributed by atoms with Crippen LogP contribution in [0.25, 0.3) is 11.1 Å². The van der Waals surface area contributed by atoms with Gasteiger partial charge in [0.25, 0.3) is 0 Å². The number of piperidine rings is 1. The van der Waals surface area contributed by atoms with Crippen LogP contribution in [0.5, 0.6) is 5.75 Å². The summed E-state index contributed by atoms with van der Waals surface area (Å²) in [4.78, 5) is 17.2. The summed E-state index contributed by atoms with van der Waals surface area (Å²) in [5, 5.41) is 1.22. The molecule has 1 saturated heterocycles. The van der Waals surface area contributed by atoms with Gasteiger partial charge in [0.05, 0.1) is 12.2 Å². The number of amides is 1. The van der Waals surface area contributed by atoms with Crippen LogP contribution >= 0.6 is 23.2 Å². The summed E-state index contributed by atoms with van der Waals surface area (Å²) in [6.45, 7) is 10.8. The Morgan fingerprint density at radius 2 is 1.97 bits per heavy atom. The molecule has 0 saturated carbocycles. The Hall–Kier alpha value is -2.11. The van der Waals surface area contributed by atoms with E-state index in [0.29, 0.717) is 29.7 Å². The maximum atomic E-state index is 12.8. The molecule has 3 aliphatic rings. The third-order valence-electron chi connectivity index (χ3n) is 6.87. The SMILES string of the molecule is CC(C)(C)OC(=O)N1CCC2(C)C(C1)c1cc(-c3ccc(Cl)cc3Cl)cc3c1N2CCO3. The Bertz CT molecular complexity index is 1100. The van der Waals surface area contributed by atoms with Gasteiger partial charge in [-0.25, -0.2) is 4.79 Å². The van der Waals surface area contributed by atoms with Crippen molar-refractivity contribution in [2.45, 2.75) is 51.2 Å². The zero-order chi connectivity index (χ0) is 22.8. The van der Waals surface area contributed by atoms with Gasteiger partial charge in [-0.1, -0.05) is 29.3 Å². The minimum Gasteiger partial charge on any atom is -0.490 e. The van der Waals surface area contributed by atoms with Crippen LogP contribution in [-0.2, 0) is 4.74 Å². The van der Waals surface area contributed by atoms with Crippen molar-refractivity contribution in [3.8, 4) is 16.9 Å². The predicted molar refractivity (Wildman–Crippen MR) is 128 cm³/mol. The van der Waals surface area contributed by atoms with Crippen LogP contribution in [0.1, 0.15) is 45.6 Å². The zero-order valence-corrected chi connectivity index (χ0v) is 20.4. The molecule has 2 aromatic rings. The van der Waals surface area contributed by atoms with E-state index in [1.807, 2.05) is 37.8 Å². The lowest BCUT2D eigenvalue weighted by Gasteiger charge is -2.48. The Morgan fingerprint density at radius 1 is 1.19 bits per heavy atom. The monoisotopic (exact) mass is 474 g/mol. The first-order valence-corrected chi connectivity index (χ1v) is 11.8. The first-order chi connectivity index (χ1) is 15.1. The largest absolute Gasteiger partial charge is 0.490 e. The number of nitrogens with zero attached hydrogens (tertiary/aromatic N) is 2. The fraction of sp³-hybridized carbons (Fsp3) is 0.480. The molecule has 2 aromatic carbocycles. The number of halogens is 2. The quantitative estimate of drug-likeness (QED) is 0.482. The van der Waals surface area contributed by atoms with Gasteiger partial charge < -0.3 is 19.3 Å². The number of carbonyl (C=O) groups excluding carboxylic acids is 1. The maximum absolute atomic E-state index is 12.8. The minimum absolute atomic E-state index is 0.0677. The minimum atomic E-state index is -0.514. The van der Waals surface area contributed by atoms with E-state index in [9.17, 15) is 4.79 Å². The lowest BCUT2D eigenvalue weighted by atomic mass is 9.77. The smallest absolute Gasteiger partial charge is 0.410 e. The van der Waals surface area contributed by atoms with Crippen molar-refractivity contribution >= 4 is 35.0 Å². The maximum Gasteiger partial charge on any atom is 0.410 e. The van der Waals surface area contributed by atoms with Crippen molar-refractivity contribution < 1.29 is 14.3 Å². The van der Waals surface area contributed by atoms with Crippen LogP contribution in [0.3, 0.4) is 0 Å². The van der Waals surface area contributed by atoms with Gasteiger partial charge in [-0.3, -0.25) is 0 Å². The molecule has 0 bridgehead atoms. The van der Waals surface area contributed by atoms with Crippen molar-refractivity contribution in [2.24, 2.45) is 0 Å². The first kappa shape index (κ1) is 21.7. The third-order valence-corrected chi connectivity index (χ3v) is 7.42. The van der Waals surface area contributed by atoms with Gasteiger partial charge >= 0.3 is 6.09 Å². The van der Waals surface area contributed by atoms with Gasteiger partial charge in [0.1, 0.15) is 18.0 Å². The van der Waals surface area contributed by atoms with E-state index in [1.165, 1.54) is 5.56 Å². The van der Waals surface area contributed by atoms with Gasteiger partial charge in [-0.05, 0) is 69.5 Å². The van der Waals surface area contributed by atoms with E-state index < -0.39 is 5.60 Å². The molecule has 0 N–H and O–H groups in total. The van der Waals surface area contributed by atoms with Gasteiger partial charge in [0, 0.05) is 40.2 Å². The lowest BCUT2D eigenvalue weighted by Crippen LogP contribution is -2.57. The molecule has 1 fully saturated rings. The van der Waals surface area contributed by atoms with Gasteiger partial charge in [0.2, 0.25) is 0 Å². The molecule has 7 heteroatoms. The molecule has 3 aliphatic heterocycles.